The average Bonchev–Trinajstić information content (AvgIpc) is 2.56. The molecule has 1 atom stereocenters. The molecule has 4 bridgehead atoms. The predicted octanol–water partition coefficient (Wildman–Crippen LogP) is 4.42. The lowest BCUT2D eigenvalue weighted by Crippen LogP contribution is -2.57. The molecule has 2 amide bonds. The molecular formula is C21H27BrN2O2. The fraction of sp³-hybridized carbons (Fsp3) is 0.619. The molecule has 1 aromatic carbocycles. The SMILES string of the molecule is Cc1ccc(NC(=O)C(=O)NC(C)C23CC4CC(CC(C4)C2)C3)c(Br)c1. The molecule has 0 aliphatic heterocycles. The molecule has 140 valence electrons. The topological polar surface area (TPSA) is 58.2 Å². The number of hydrogen-bond donors (Lipinski definition) is 2. The van der Waals surface area contributed by atoms with Gasteiger partial charge in [-0.1, -0.05) is 6.07 Å². The monoisotopic (exact) mass is 418 g/mol. The molecule has 0 saturated heterocycles. The van der Waals surface area contributed by atoms with Gasteiger partial charge in [-0.3, -0.25) is 9.59 Å². The number of carbonyl (C=O) groups is 2. The number of halogens is 1. The first-order chi connectivity index (χ1) is 12.3. The Morgan fingerprint density at radius 2 is 1.65 bits per heavy atom. The lowest BCUT2D eigenvalue weighted by Gasteiger charge is -2.59. The summed E-state index contributed by atoms with van der Waals surface area (Å²) >= 11 is 3.44. The number of anilines is 1. The van der Waals surface area contributed by atoms with Crippen molar-refractivity contribution in [2.75, 3.05) is 5.32 Å². The van der Waals surface area contributed by atoms with Crippen molar-refractivity contribution in [1.82, 2.24) is 5.32 Å². The smallest absolute Gasteiger partial charge is 0.313 e. The van der Waals surface area contributed by atoms with Gasteiger partial charge in [-0.15, -0.1) is 0 Å². The van der Waals surface area contributed by atoms with E-state index in [1.165, 1.54) is 38.5 Å². The maximum atomic E-state index is 12.5. The van der Waals surface area contributed by atoms with Gasteiger partial charge in [0.05, 0.1) is 5.69 Å². The van der Waals surface area contributed by atoms with Gasteiger partial charge in [0, 0.05) is 10.5 Å². The van der Waals surface area contributed by atoms with E-state index in [0.717, 1.165) is 27.8 Å². The summed E-state index contributed by atoms with van der Waals surface area (Å²) in [7, 11) is 0. The molecule has 5 heteroatoms. The molecule has 0 aromatic heterocycles. The minimum absolute atomic E-state index is 0.0515. The highest BCUT2D eigenvalue weighted by Crippen LogP contribution is 2.61. The molecular weight excluding hydrogens is 392 g/mol. The fourth-order valence-corrected chi connectivity index (χ4v) is 6.62. The Kier molecular flexibility index (Phi) is 4.62. The first kappa shape index (κ1) is 18.0. The van der Waals surface area contributed by atoms with Gasteiger partial charge in [-0.2, -0.15) is 0 Å². The second-order valence-electron chi connectivity index (χ2n) is 8.91. The van der Waals surface area contributed by atoms with Gasteiger partial charge in [0.25, 0.3) is 0 Å². The average molecular weight is 419 g/mol. The van der Waals surface area contributed by atoms with Gasteiger partial charge in [0.1, 0.15) is 0 Å². The lowest BCUT2D eigenvalue weighted by atomic mass is 9.48. The van der Waals surface area contributed by atoms with Crippen LogP contribution in [0.2, 0.25) is 0 Å². The minimum atomic E-state index is -0.592. The first-order valence-electron chi connectivity index (χ1n) is 9.72. The van der Waals surface area contributed by atoms with Gasteiger partial charge in [-0.05, 0) is 109 Å². The second kappa shape index (κ2) is 6.66. The maximum absolute atomic E-state index is 12.5. The van der Waals surface area contributed by atoms with Crippen molar-refractivity contribution in [3.8, 4) is 0 Å². The van der Waals surface area contributed by atoms with E-state index in [-0.39, 0.29) is 11.5 Å². The maximum Gasteiger partial charge on any atom is 0.313 e. The summed E-state index contributed by atoms with van der Waals surface area (Å²) in [6.07, 6.45) is 7.77. The number of carbonyl (C=O) groups excluding carboxylic acids is 2. The van der Waals surface area contributed by atoms with Gasteiger partial charge in [0.2, 0.25) is 0 Å². The number of amides is 2. The summed E-state index contributed by atoms with van der Waals surface area (Å²) in [5, 5.41) is 5.74. The van der Waals surface area contributed by atoms with E-state index in [1.54, 1.807) is 0 Å². The van der Waals surface area contributed by atoms with Crippen LogP contribution in [0.4, 0.5) is 5.69 Å². The van der Waals surface area contributed by atoms with Crippen molar-refractivity contribution in [2.24, 2.45) is 23.2 Å². The molecule has 4 saturated carbocycles. The van der Waals surface area contributed by atoms with E-state index >= 15 is 0 Å². The van der Waals surface area contributed by atoms with E-state index in [0.29, 0.717) is 5.69 Å². The van der Waals surface area contributed by atoms with Crippen LogP contribution in [0.1, 0.15) is 51.0 Å². The van der Waals surface area contributed by atoms with Crippen molar-refractivity contribution < 1.29 is 9.59 Å². The van der Waals surface area contributed by atoms with E-state index in [2.05, 4.69) is 33.5 Å². The Balaban J connectivity index is 1.40. The Morgan fingerprint density at radius 1 is 1.08 bits per heavy atom. The van der Waals surface area contributed by atoms with Crippen molar-refractivity contribution in [3.05, 3.63) is 28.2 Å². The van der Waals surface area contributed by atoms with Crippen LogP contribution in [0.5, 0.6) is 0 Å². The molecule has 1 aromatic rings. The predicted molar refractivity (Wildman–Crippen MR) is 106 cm³/mol. The molecule has 0 spiro atoms. The summed E-state index contributed by atoms with van der Waals surface area (Å²) in [6, 6.07) is 5.70. The van der Waals surface area contributed by atoms with Crippen molar-refractivity contribution >= 4 is 33.4 Å². The summed E-state index contributed by atoms with van der Waals surface area (Å²) in [6.45, 7) is 4.08. The normalized spacial score (nSPS) is 33.0. The Labute approximate surface area is 163 Å². The second-order valence-corrected chi connectivity index (χ2v) is 9.77. The largest absolute Gasteiger partial charge is 0.345 e. The molecule has 0 radical (unpaired) electrons. The summed E-state index contributed by atoms with van der Waals surface area (Å²) in [5.74, 6) is 1.38. The van der Waals surface area contributed by atoms with Gasteiger partial charge in [0.15, 0.2) is 0 Å². The fourth-order valence-electron chi connectivity index (χ4n) is 6.02. The van der Waals surface area contributed by atoms with Crippen LogP contribution >= 0.6 is 15.9 Å². The third kappa shape index (κ3) is 3.30. The van der Waals surface area contributed by atoms with Crippen LogP contribution in [0.3, 0.4) is 0 Å². The zero-order chi connectivity index (χ0) is 18.5. The number of benzene rings is 1. The molecule has 1 unspecified atom stereocenters. The summed E-state index contributed by atoms with van der Waals surface area (Å²) in [5.41, 5.74) is 1.92. The molecule has 4 fully saturated rings. The van der Waals surface area contributed by atoms with Gasteiger partial charge in [-0.25, -0.2) is 0 Å². The lowest BCUT2D eigenvalue weighted by molar-refractivity contribution is -0.138. The van der Waals surface area contributed by atoms with Crippen molar-refractivity contribution in [2.45, 2.75) is 58.4 Å². The molecule has 4 aliphatic carbocycles. The number of hydrogen-bond acceptors (Lipinski definition) is 2. The molecule has 0 heterocycles. The number of nitrogens with one attached hydrogen (secondary N) is 2. The Hall–Kier alpha value is -1.36. The number of rotatable bonds is 3. The molecule has 4 aliphatic rings. The first-order valence-corrected chi connectivity index (χ1v) is 10.5. The highest BCUT2D eigenvalue weighted by atomic mass is 79.9. The van der Waals surface area contributed by atoms with Crippen molar-refractivity contribution in [1.29, 1.82) is 0 Å². The van der Waals surface area contributed by atoms with Crippen LogP contribution in [-0.4, -0.2) is 17.9 Å². The molecule has 26 heavy (non-hydrogen) atoms. The molecule has 2 N–H and O–H groups in total. The third-order valence-electron chi connectivity index (χ3n) is 6.93. The Morgan fingerprint density at radius 3 is 2.19 bits per heavy atom. The quantitative estimate of drug-likeness (QED) is 0.713. The van der Waals surface area contributed by atoms with Crippen LogP contribution in [-0.2, 0) is 9.59 Å². The summed E-state index contributed by atoms with van der Waals surface area (Å²) < 4.78 is 0.785. The van der Waals surface area contributed by atoms with E-state index in [1.807, 2.05) is 25.1 Å². The zero-order valence-electron chi connectivity index (χ0n) is 15.5. The summed E-state index contributed by atoms with van der Waals surface area (Å²) in [4.78, 5) is 24.9. The van der Waals surface area contributed by atoms with E-state index in [9.17, 15) is 9.59 Å². The van der Waals surface area contributed by atoms with Crippen LogP contribution in [0, 0.1) is 30.1 Å². The van der Waals surface area contributed by atoms with Crippen molar-refractivity contribution in [3.63, 3.8) is 0 Å². The Bertz CT molecular complexity index is 710. The highest BCUT2D eigenvalue weighted by molar-refractivity contribution is 9.10. The zero-order valence-corrected chi connectivity index (χ0v) is 17.1. The van der Waals surface area contributed by atoms with Crippen LogP contribution in [0.15, 0.2) is 22.7 Å². The van der Waals surface area contributed by atoms with Crippen LogP contribution in [0.25, 0.3) is 0 Å². The van der Waals surface area contributed by atoms with Crippen LogP contribution < -0.4 is 10.6 Å². The minimum Gasteiger partial charge on any atom is -0.345 e. The third-order valence-corrected chi connectivity index (χ3v) is 7.59. The van der Waals surface area contributed by atoms with Gasteiger partial charge < -0.3 is 10.6 Å². The highest BCUT2D eigenvalue weighted by Gasteiger charge is 2.53. The molecule has 4 nitrogen and oxygen atoms in total. The van der Waals surface area contributed by atoms with E-state index in [4.69, 9.17) is 0 Å². The van der Waals surface area contributed by atoms with Gasteiger partial charge >= 0.3 is 11.8 Å². The standard InChI is InChI=1S/C21H27BrN2O2/c1-12-3-4-18(17(22)5-12)24-20(26)19(25)23-13(2)21-9-14-6-15(10-21)8-16(7-14)11-21/h3-5,13-16H,6-11H2,1-2H3,(H,23,25)(H,24,26). The number of aryl methyl sites for hydroxylation is 1. The molecule has 5 rings (SSSR count). The van der Waals surface area contributed by atoms with E-state index < -0.39 is 11.8 Å².